The minimum absolute atomic E-state index is 0.0861. The Labute approximate surface area is 160 Å². The Morgan fingerprint density at radius 3 is 1.59 bits per heavy atom. The highest BCUT2D eigenvalue weighted by molar-refractivity contribution is 5.87. The molecule has 0 aromatic heterocycles. The highest BCUT2D eigenvalue weighted by Crippen LogP contribution is 2.12. The molecule has 1 aromatic carbocycles. The first-order valence-electron chi connectivity index (χ1n) is 8.73. The van der Waals surface area contributed by atoms with Crippen LogP contribution in [0.2, 0.25) is 0 Å². The largest absolute Gasteiger partial charge is 0.478 e. The van der Waals surface area contributed by atoms with Crippen LogP contribution in [0, 0.1) is 0 Å². The van der Waals surface area contributed by atoms with E-state index in [-0.39, 0.29) is 25.2 Å². The minimum Gasteiger partial charge on any atom is -0.478 e. The molecule has 0 saturated heterocycles. The lowest BCUT2D eigenvalue weighted by Gasteiger charge is -2.26. The number of ether oxygens (including phenoxy) is 2. The number of hydrogen-bond acceptors (Lipinski definition) is 6. The first-order chi connectivity index (χ1) is 12.2. The van der Waals surface area contributed by atoms with Gasteiger partial charge in [-0.1, -0.05) is 12.1 Å². The van der Waals surface area contributed by atoms with Gasteiger partial charge in [0, 0.05) is 6.54 Å². The zero-order valence-electron chi connectivity index (χ0n) is 16.9. The van der Waals surface area contributed by atoms with Crippen molar-refractivity contribution in [3.63, 3.8) is 0 Å². The number of hydrogen-bond donors (Lipinski definition) is 1. The van der Waals surface area contributed by atoms with E-state index in [4.69, 9.17) is 14.6 Å². The summed E-state index contributed by atoms with van der Waals surface area (Å²) in [5.41, 5.74) is -0.313. The first kappa shape index (κ1) is 22.6. The molecule has 1 rings (SSSR count). The van der Waals surface area contributed by atoms with E-state index in [1.807, 2.05) is 0 Å². The lowest BCUT2D eigenvalue weighted by Crippen LogP contribution is -2.39. The molecule has 1 aromatic rings. The molecule has 7 heteroatoms. The van der Waals surface area contributed by atoms with Crippen molar-refractivity contribution in [2.45, 2.75) is 59.3 Å². The molecule has 0 atom stereocenters. The van der Waals surface area contributed by atoms with Crippen LogP contribution in [-0.2, 0) is 25.6 Å². The smallest absolute Gasteiger partial charge is 0.335 e. The van der Waals surface area contributed by atoms with Crippen LogP contribution in [0.15, 0.2) is 24.3 Å². The zero-order chi connectivity index (χ0) is 20.8. The van der Waals surface area contributed by atoms with Gasteiger partial charge in [0.1, 0.15) is 11.2 Å². The summed E-state index contributed by atoms with van der Waals surface area (Å²) < 4.78 is 10.7. The van der Waals surface area contributed by atoms with Gasteiger partial charge >= 0.3 is 17.9 Å². The molecule has 0 saturated carbocycles. The molecule has 0 bridgehead atoms. The molecular weight excluding hydrogens is 350 g/mol. The summed E-state index contributed by atoms with van der Waals surface area (Å²) in [6.45, 7) is 10.7. The van der Waals surface area contributed by atoms with Crippen molar-refractivity contribution in [1.29, 1.82) is 0 Å². The number of rotatable bonds is 7. The van der Waals surface area contributed by atoms with E-state index in [0.29, 0.717) is 0 Å². The first-order valence-corrected chi connectivity index (χ1v) is 8.73. The third-order valence-electron chi connectivity index (χ3n) is 3.15. The maximum absolute atomic E-state index is 12.2. The molecular formula is C20H29NO6. The van der Waals surface area contributed by atoms with Gasteiger partial charge in [0.05, 0.1) is 18.7 Å². The van der Waals surface area contributed by atoms with E-state index in [0.717, 1.165) is 5.56 Å². The fourth-order valence-corrected chi connectivity index (χ4v) is 2.29. The number of nitrogens with zero attached hydrogens (tertiary/aromatic N) is 1. The molecule has 1 N–H and O–H groups in total. The SMILES string of the molecule is CC(C)(C)OC(=O)CN(CC(=O)OC(C)(C)C)Cc1ccc(C(=O)O)cc1. The quantitative estimate of drug-likeness (QED) is 0.728. The molecule has 0 spiro atoms. The van der Waals surface area contributed by atoms with Crippen molar-refractivity contribution < 1.29 is 29.0 Å². The van der Waals surface area contributed by atoms with Gasteiger partial charge in [0.15, 0.2) is 0 Å². The zero-order valence-corrected chi connectivity index (χ0v) is 16.9. The van der Waals surface area contributed by atoms with Gasteiger partial charge < -0.3 is 14.6 Å². The molecule has 0 aliphatic rings. The molecule has 7 nitrogen and oxygen atoms in total. The van der Waals surface area contributed by atoms with Crippen molar-refractivity contribution in [3.05, 3.63) is 35.4 Å². The van der Waals surface area contributed by atoms with Gasteiger partial charge in [-0.3, -0.25) is 14.5 Å². The summed E-state index contributed by atoms with van der Waals surface area (Å²) in [5.74, 6) is -1.91. The van der Waals surface area contributed by atoms with Crippen LogP contribution in [0.3, 0.4) is 0 Å². The second-order valence-corrected chi connectivity index (χ2v) is 8.32. The van der Waals surface area contributed by atoms with Crippen LogP contribution in [0.5, 0.6) is 0 Å². The second kappa shape index (κ2) is 8.99. The monoisotopic (exact) mass is 379 g/mol. The van der Waals surface area contributed by atoms with Crippen LogP contribution in [-0.4, -0.2) is 52.2 Å². The predicted octanol–water partition coefficient (Wildman–Crippen LogP) is 2.87. The van der Waals surface area contributed by atoms with E-state index in [2.05, 4.69) is 0 Å². The Kier molecular flexibility index (Phi) is 7.54. The maximum Gasteiger partial charge on any atom is 0.335 e. The summed E-state index contributed by atoms with van der Waals surface area (Å²) in [5, 5.41) is 8.98. The third-order valence-corrected chi connectivity index (χ3v) is 3.15. The van der Waals surface area contributed by atoms with E-state index in [9.17, 15) is 14.4 Å². The van der Waals surface area contributed by atoms with Crippen molar-refractivity contribution >= 4 is 17.9 Å². The van der Waals surface area contributed by atoms with Gasteiger partial charge in [-0.05, 0) is 59.2 Å². The van der Waals surface area contributed by atoms with Crippen LogP contribution in [0.4, 0.5) is 0 Å². The van der Waals surface area contributed by atoms with Gasteiger partial charge in [-0.15, -0.1) is 0 Å². The van der Waals surface area contributed by atoms with Crippen molar-refractivity contribution in [1.82, 2.24) is 4.90 Å². The van der Waals surface area contributed by atoms with Gasteiger partial charge in [-0.25, -0.2) is 4.79 Å². The van der Waals surface area contributed by atoms with Gasteiger partial charge in [0.25, 0.3) is 0 Å². The Morgan fingerprint density at radius 1 is 0.852 bits per heavy atom. The number of carboxylic acids is 1. The molecule has 27 heavy (non-hydrogen) atoms. The minimum atomic E-state index is -1.01. The summed E-state index contributed by atoms with van der Waals surface area (Å²) in [6, 6.07) is 6.27. The molecule has 150 valence electrons. The summed E-state index contributed by atoms with van der Waals surface area (Å²) in [6.07, 6.45) is 0. The topological polar surface area (TPSA) is 93.1 Å². The van der Waals surface area contributed by atoms with E-state index < -0.39 is 29.1 Å². The summed E-state index contributed by atoms with van der Waals surface area (Å²) in [7, 11) is 0. The molecule has 0 aliphatic carbocycles. The Morgan fingerprint density at radius 2 is 1.26 bits per heavy atom. The number of carbonyl (C=O) groups is 3. The van der Waals surface area contributed by atoms with E-state index in [1.165, 1.54) is 12.1 Å². The fourth-order valence-electron chi connectivity index (χ4n) is 2.29. The Hall–Kier alpha value is -2.41. The highest BCUT2D eigenvalue weighted by atomic mass is 16.6. The molecule has 0 heterocycles. The second-order valence-electron chi connectivity index (χ2n) is 8.32. The fraction of sp³-hybridized carbons (Fsp3) is 0.550. The number of esters is 2. The Balaban J connectivity index is 2.87. The Bertz CT molecular complexity index is 637. The average Bonchev–Trinajstić information content (AvgIpc) is 2.43. The molecule has 0 radical (unpaired) electrons. The summed E-state index contributed by atoms with van der Waals surface area (Å²) >= 11 is 0. The lowest BCUT2D eigenvalue weighted by atomic mass is 10.1. The average molecular weight is 379 g/mol. The van der Waals surface area contributed by atoms with Crippen LogP contribution in [0.1, 0.15) is 57.5 Å². The van der Waals surface area contributed by atoms with E-state index in [1.54, 1.807) is 58.6 Å². The number of carbonyl (C=O) groups excluding carboxylic acids is 2. The van der Waals surface area contributed by atoms with Crippen LogP contribution >= 0.6 is 0 Å². The number of carboxylic acid groups (broad SMARTS) is 1. The van der Waals surface area contributed by atoms with E-state index >= 15 is 0 Å². The van der Waals surface area contributed by atoms with Crippen LogP contribution < -0.4 is 0 Å². The molecule has 0 amide bonds. The third kappa shape index (κ3) is 9.75. The van der Waals surface area contributed by atoms with Crippen molar-refractivity contribution in [2.24, 2.45) is 0 Å². The van der Waals surface area contributed by atoms with Gasteiger partial charge in [0.2, 0.25) is 0 Å². The van der Waals surface area contributed by atoms with Crippen molar-refractivity contribution in [3.8, 4) is 0 Å². The number of aromatic carboxylic acids is 1. The number of benzene rings is 1. The van der Waals surface area contributed by atoms with Gasteiger partial charge in [-0.2, -0.15) is 0 Å². The standard InChI is InChI=1S/C20H29NO6/c1-19(2,3)26-16(22)12-21(13-17(23)27-20(4,5)6)11-14-7-9-15(10-8-14)18(24)25/h7-10H,11-13H2,1-6H3,(H,24,25). The normalized spacial score (nSPS) is 12.0. The predicted molar refractivity (Wildman–Crippen MR) is 100 cm³/mol. The highest BCUT2D eigenvalue weighted by Gasteiger charge is 2.23. The van der Waals surface area contributed by atoms with Crippen LogP contribution in [0.25, 0.3) is 0 Å². The summed E-state index contributed by atoms with van der Waals surface area (Å²) in [4.78, 5) is 36.9. The lowest BCUT2D eigenvalue weighted by molar-refractivity contribution is -0.160. The molecule has 0 aliphatic heterocycles. The van der Waals surface area contributed by atoms with Crippen molar-refractivity contribution in [2.75, 3.05) is 13.1 Å². The molecule has 0 fully saturated rings. The maximum atomic E-state index is 12.2. The molecule has 0 unspecified atom stereocenters.